The van der Waals surface area contributed by atoms with Gasteiger partial charge in [0.25, 0.3) is 0 Å². The SMILES string of the molecule is CCCCCCCOC(=O)C[C@@H](C(=O)OCCCCCCC)S(=O)(=O)[O-].[Na+]. The van der Waals surface area contributed by atoms with E-state index in [1.165, 1.54) is 0 Å². The van der Waals surface area contributed by atoms with Crippen LogP contribution < -0.4 is 29.6 Å². The number of hydrogen-bond donors (Lipinski definition) is 0. The summed E-state index contributed by atoms with van der Waals surface area (Å²) in [5.74, 6) is -2.04. The van der Waals surface area contributed by atoms with Gasteiger partial charge in [-0.25, -0.2) is 8.42 Å². The molecule has 0 amide bonds. The molecule has 0 bridgehead atoms. The summed E-state index contributed by atoms with van der Waals surface area (Å²) in [6.07, 6.45) is 8.64. The minimum atomic E-state index is -4.98. The van der Waals surface area contributed by atoms with Gasteiger partial charge >= 0.3 is 41.5 Å². The Labute approximate surface area is 186 Å². The van der Waals surface area contributed by atoms with E-state index >= 15 is 0 Å². The van der Waals surface area contributed by atoms with Crippen molar-refractivity contribution in [1.82, 2.24) is 0 Å². The van der Waals surface area contributed by atoms with Crippen LogP contribution in [0.4, 0.5) is 0 Å². The van der Waals surface area contributed by atoms with Crippen LogP contribution in [0.25, 0.3) is 0 Å². The zero-order valence-electron chi connectivity index (χ0n) is 17.0. The molecule has 9 heteroatoms. The first-order chi connectivity index (χ1) is 12.3. The van der Waals surface area contributed by atoms with Gasteiger partial charge in [0.2, 0.25) is 0 Å². The number of hydrogen-bond acceptors (Lipinski definition) is 7. The second-order valence-electron chi connectivity index (χ2n) is 6.40. The first-order valence-electron chi connectivity index (χ1n) is 9.59. The number of ether oxygens (including phenoxy) is 2. The maximum Gasteiger partial charge on any atom is 1.00 e. The smallest absolute Gasteiger partial charge is 0.747 e. The molecule has 0 rings (SSSR count). The van der Waals surface area contributed by atoms with E-state index in [1.54, 1.807) is 0 Å². The summed E-state index contributed by atoms with van der Waals surface area (Å²) >= 11 is 0. The van der Waals surface area contributed by atoms with Crippen molar-refractivity contribution >= 4 is 22.1 Å². The molecule has 0 aliphatic carbocycles. The van der Waals surface area contributed by atoms with Crippen LogP contribution in [-0.4, -0.2) is 43.4 Å². The van der Waals surface area contributed by atoms with Gasteiger partial charge in [-0.05, 0) is 12.8 Å². The zero-order valence-corrected chi connectivity index (χ0v) is 19.9. The Bertz CT molecular complexity index is 494. The first-order valence-corrected chi connectivity index (χ1v) is 11.1. The van der Waals surface area contributed by atoms with Crippen LogP contribution in [0.5, 0.6) is 0 Å². The Morgan fingerprint density at radius 3 is 1.70 bits per heavy atom. The van der Waals surface area contributed by atoms with Gasteiger partial charge in [-0.1, -0.05) is 65.2 Å². The van der Waals surface area contributed by atoms with Crippen molar-refractivity contribution in [3.05, 3.63) is 0 Å². The summed E-state index contributed by atoms with van der Waals surface area (Å²) in [4.78, 5) is 23.6. The van der Waals surface area contributed by atoms with Crippen LogP contribution in [0, 0.1) is 0 Å². The van der Waals surface area contributed by atoms with Crippen molar-refractivity contribution < 1.29 is 61.6 Å². The monoisotopic (exact) mass is 416 g/mol. The quantitative estimate of drug-likeness (QED) is 0.154. The molecule has 0 saturated heterocycles. The number of unbranched alkanes of at least 4 members (excludes halogenated alkanes) is 8. The molecule has 154 valence electrons. The van der Waals surface area contributed by atoms with E-state index in [9.17, 15) is 22.6 Å². The molecule has 0 aliphatic rings. The van der Waals surface area contributed by atoms with Gasteiger partial charge in [0, 0.05) is 0 Å². The maximum absolute atomic E-state index is 11.9. The summed E-state index contributed by atoms with van der Waals surface area (Å²) < 4.78 is 43.6. The Morgan fingerprint density at radius 1 is 0.815 bits per heavy atom. The molecule has 0 unspecified atom stereocenters. The third-order valence-electron chi connectivity index (χ3n) is 3.97. The molecule has 0 radical (unpaired) electrons. The largest absolute Gasteiger partial charge is 1.00 e. The second kappa shape index (κ2) is 17.9. The van der Waals surface area contributed by atoms with E-state index in [2.05, 4.69) is 13.8 Å². The molecule has 1 atom stereocenters. The number of carbonyl (C=O) groups excluding carboxylic acids is 2. The molecular formula is C18H33NaO7S. The van der Waals surface area contributed by atoms with Crippen molar-refractivity contribution in [2.45, 2.75) is 89.7 Å². The Balaban J connectivity index is 0. The molecule has 0 heterocycles. The van der Waals surface area contributed by atoms with E-state index in [1.807, 2.05) is 0 Å². The predicted molar refractivity (Wildman–Crippen MR) is 97.5 cm³/mol. The summed E-state index contributed by atoms with van der Waals surface area (Å²) in [6, 6.07) is 0. The van der Waals surface area contributed by atoms with Crippen molar-refractivity contribution in [2.24, 2.45) is 0 Å². The first kappa shape index (κ1) is 29.1. The van der Waals surface area contributed by atoms with Crippen LogP contribution >= 0.6 is 0 Å². The second-order valence-corrected chi connectivity index (χ2v) is 7.96. The molecule has 0 saturated carbocycles. The van der Waals surface area contributed by atoms with E-state index in [0.29, 0.717) is 12.8 Å². The molecular weight excluding hydrogens is 383 g/mol. The maximum atomic E-state index is 11.9. The molecule has 0 fully saturated rings. The fourth-order valence-electron chi connectivity index (χ4n) is 2.38. The summed E-state index contributed by atoms with van der Waals surface area (Å²) in [5.41, 5.74) is 0. The topological polar surface area (TPSA) is 110 Å². The third-order valence-corrected chi connectivity index (χ3v) is 5.02. The third kappa shape index (κ3) is 16.5. The minimum absolute atomic E-state index is 0. The van der Waals surface area contributed by atoms with Gasteiger partial charge in [0.05, 0.1) is 19.6 Å². The number of esters is 2. The standard InChI is InChI=1S/C18H34O7S.Na/c1-3-5-7-9-11-13-24-17(19)15-16(26(21,22)23)18(20)25-14-12-10-8-6-4-2;/h16H,3-15H2,1-2H3,(H,21,22,23);/q;+1/p-1/t16-;/m0./s1. The van der Waals surface area contributed by atoms with E-state index in [4.69, 9.17) is 9.47 Å². The average molecular weight is 417 g/mol. The molecule has 0 aromatic rings. The fraction of sp³-hybridized carbons (Fsp3) is 0.889. The number of rotatable bonds is 16. The summed E-state index contributed by atoms with van der Waals surface area (Å²) in [6.45, 7) is 4.36. The fourth-order valence-corrected chi connectivity index (χ4v) is 3.02. The van der Waals surface area contributed by atoms with Gasteiger partial charge < -0.3 is 14.0 Å². The van der Waals surface area contributed by atoms with Crippen molar-refractivity contribution in [3.63, 3.8) is 0 Å². The van der Waals surface area contributed by atoms with Gasteiger partial charge in [0.1, 0.15) is 10.1 Å². The van der Waals surface area contributed by atoms with Crippen LogP contribution in [0.15, 0.2) is 0 Å². The Kier molecular flexibility index (Phi) is 19.3. The molecule has 0 aromatic heterocycles. The van der Waals surface area contributed by atoms with Crippen molar-refractivity contribution in [2.75, 3.05) is 13.2 Å². The van der Waals surface area contributed by atoms with Crippen LogP contribution in [0.2, 0.25) is 0 Å². The summed E-state index contributed by atoms with van der Waals surface area (Å²) in [5, 5.41) is -2.04. The molecule has 0 spiro atoms. The van der Waals surface area contributed by atoms with Crippen LogP contribution in [-0.2, 0) is 29.2 Å². The molecule has 0 N–H and O–H groups in total. The van der Waals surface area contributed by atoms with Gasteiger partial charge in [-0.15, -0.1) is 0 Å². The molecule has 0 aliphatic heterocycles. The van der Waals surface area contributed by atoms with E-state index in [-0.39, 0.29) is 42.8 Å². The number of carbonyl (C=O) groups is 2. The Morgan fingerprint density at radius 2 is 1.26 bits per heavy atom. The van der Waals surface area contributed by atoms with E-state index < -0.39 is 33.7 Å². The molecule has 27 heavy (non-hydrogen) atoms. The van der Waals surface area contributed by atoms with E-state index in [0.717, 1.165) is 51.4 Å². The minimum Gasteiger partial charge on any atom is -0.747 e. The normalized spacial score (nSPS) is 12.1. The van der Waals surface area contributed by atoms with Gasteiger partial charge in [-0.2, -0.15) is 0 Å². The molecule has 0 aromatic carbocycles. The van der Waals surface area contributed by atoms with Crippen LogP contribution in [0.1, 0.15) is 84.5 Å². The zero-order chi connectivity index (χ0) is 19.8. The van der Waals surface area contributed by atoms with Gasteiger partial charge in [0.15, 0.2) is 5.25 Å². The van der Waals surface area contributed by atoms with Gasteiger partial charge in [-0.3, -0.25) is 9.59 Å². The van der Waals surface area contributed by atoms with Crippen LogP contribution in [0.3, 0.4) is 0 Å². The molecule has 7 nitrogen and oxygen atoms in total. The predicted octanol–water partition coefficient (Wildman–Crippen LogP) is 0.322. The average Bonchev–Trinajstić information content (AvgIpc) is 2.57. The van der Waals surface area contributed by atoms with Crippen molar-refractivity contribution in [1.29, 1.82) is 0 Å². The van der Waals surface area contributed by atoms with Crippen molar-refractivity contribution in [3.8, 4) is 0 Å². The Hall–Kier alpha value is -0.150. The summed E-state index contributed by atoms with van der Waals surface area (Å²) in [7, 11) is -4.98.